The van der Waals surface area contributed by atoms with Crippen LogP contribution >= 0.6 is 11.3 Å². The third-order valence-corrected chi connectivity index (χ3v) is 3.28. The highest BCUT2D eigenvalue weighted by molar-refractivity contribution is 7.09. The summed E-state index contributed by atoms with van der Waals surface area (Å²) in [6.07, 6.45) is -4.45. The Morgan fingerprint density at radius 3 is 2.75 bits per heavy atom. The van der Waals surface area contributed by atoms with Gasteiger partial charge in [-0.25, -0.2) is 4.98 Å². The highest BCUT2D eigenvalue weighted by Gasteiger charge is 2.30. The van der Waals surface area contributed by atoms with E-state index in [-0.39, 0.29) is 17.9 Å². The lowest BCUT2D eigenvalue weighted by Gasteiger charge is -2.09. The highest BCUT2D eigenvalue weighted by atomic mass is 32.1. The fourth-order valence-corrected chi connectivity index (χ4v) is 2.13. The Kier molecular flexibility index (Phi) is 4.05. The van der Waals surface area contributed by atoms with Crippen molar-refractivity contribution < 1.29 is 18.0 Å². The molecule has 0 saturated heterocycles. The first-order chi connectivity index (χ1) is 9.40. The van der Waals surface area contributed by atoms with Crippen molar-refractivity contribution in [3.05, 3.63) is 45.9 Å². The van der Waals surface area contributed by atoms with E-state index in [1.807, 2.05) is 0 Å². The molecule has 0 saturated carbocycles. The number of halogens is 3. The normalized spacial score (nSPS) is 11.4. The zero-order chi connectivity index (χ0) is 14.8. The number of benzene rings is 1. The smallest absolute Gasteiger partial charge is 0.325 e. The molecule has 0 radical (unpaired) electrons. The molecule has 2 rings (SSSR count). The minimum Gasteiger partial charge on any atom is -0.325 e. The molecule has 8 heteroatoms. The second-order valence-electron chi connectivity index (χ2n) is 3.86. The quantitative estimate of drug-likeness (QED) is 0.916. The van der Waals surface area contributed by atoms with Gasteiger partial charge < -0.3 is 11.1 Å². The summed E-state index contributed by atoms with van der Waals surface area (Å²) in [6.45, 7) is 0.210. The molecule has 3 N–H and O–H groups in total. The molecule has 0 spiro atoms. The fourth-order valence-electron chi connectivity index (χ4n) is 1.48. The van der Waals surface area contributed by atoms with Gasteiger partial charge >= 0.3 is 6.18 Å². The molecular formula is C12H10F3N3OS. The van der Waals surface area contributed by atoms with Crippen molar-refractivity contribution >= 4 is 22.9 Å². The van der Waals surface area contributed by atoms with Crippen LogP contribution in [-0.2, 0) is 12.7 Å². The zero-order valence-electron chi connectivity index (χ0n) is 10.1. The molecular weight excluding hydrogens is 291 g/mol. The molecule has 0 aliphatic carbocycles. The molecule has 0 fully saturated rings. The number of rotatable bonds is 3. The third kappa shape index (κ3) is 3.34. The number of nitrogens with two attached hydrogens (primary N) is 1. The number of carbonyl (C=O) groups is 1. The summed E-state index contributed by atoms with van der Waals surface area (Å²) in [6, 6.07) is 4.41. The lowest BCUT2D eigenvalue weighted by molar-refractivity contribution is -0.137. The lowest BCUT2D eigenvalue weighted by Crippen LogP contribution is -2.13. The fraction of sp³-hybridized carbons (Fsp3) is 0.167. The Balaban J connectivity index is 2.15. The van der Waals surface area contributed by atoms with Gasteiger partial charge in [0, 0.05) is 17.6 Å². The van der Waals surface area contributed by atoms with Gasteiger partial charge in [0.05, 0.1) is 5.56 Å². The lowest BCUT2D eigenvalue weighted by atomic mass is 10.2. The van der Waals surface area contributed by atoms with Crippen molar-refractivity contribution in [3.63, 3.8) is 0 Å². The number of carbonyl (C=O) groups excluding carboxylic acids is 1. The SMILES string of the molecule is NCc1nc(C(=O)Nc2cccc(C(F)(F)F)c2)cs1. The summed E-state index contributed by atoms with van der Waals surface area (Å²) in [5.74, 6) is -0.569. The monoisotopic (exact) mass is 301 g/mol. The average molecular weight is 301 g/mol. The van der Waals surface area contributed by atoms with Crippen LogP contribution in [0.5, 0.6) is 0 Å². The Labute approximate surface area is 116 Å². The number of aromatic nitrogens is 1. The summed E-state index contributed by atoms with van der Waals surface area (Å²) in [4.78, 5) is 15.8. The molecule has 0 unspecified atom stereocenters. The van der Waals surface area contributed by atoms with Gasteiger partial charge in [-0.05, 0) is 18.2 Å². The van der Waals surface area contributed by atoms with Crippen LogP contribution in [-0.4, -0.2) is 10.9 Å². The van der Waals surface area contributed by atoms with Crippen LogP contribution in [0.3, 0.4) is 0 Å². The van der Waals surface area contributed by atoms with Crippen LogP contribution in [0.2, 0.25) is 0 Å². The molecule has 1 aromatic heterocycles. The first-order valence-corrected chi connectivity index (χ1v) is 6.41. The molecule has 20 heavy (non-hydrogen) atoms. The van der Waals surface area contributed by atoms with E-state index in [1.54, 1.807) is 0 Å². The van der Waals surface area contributed by atoms with Gasteiger partial charge in [0.25, 0.3) is 5.91 Å². The third-order valence-electron chi connectivity index (χ3n) is 2.41. The van der Waals surface area contributed by atoms with Gasteiger partial charge in [-0.1, -0.05) is 6.07 Å². The number of hydrogen-bond acceptors (Lipinski definition) is 4. The Morgan fingerprint density at radius 2 is 2.15 bits per heavy atom. The van der Waals surface area contributed by atoms with E-state index in [4.69, 9.17) is 5.73 Å². The van der Waals surface area contributed by atoms with Crippen LogP contribution in [0.15, 0.2) is 29.6 Å². The zero-order valence-corrected chi connectivity index (χ0v) is 10.9. The summed E-state index contributed by atoms with van der Waals surface area (Å²) >= 11 is 1.22. The molecule has 2 aromatic rings. The van der Waals surface area contributed by atoms with Gasteiger partial charge in [-0.2, -0.15) is 13.2 Å². The van der Waals surface area contributed by atoms with Gasteiger partial charge in [0.1, 0.15) is 10.7 Å². The van der Waals surface area contributed by atoms with E-state index < -0.39 is 17.6 Å². The molecule has 1 aromatic carbocycles. The van der Waals surface area contributed by atoms with E-state index in [0.717, 1.165) is 12.1 Å². The maximum Gasteiger partial charge on any atom is 0.416 e. The highest BCUT2D eigenvalue weighted by Crippen LogP contribution is 2.30. The minimum absolute atomic E-state index is 0.0622. The van der Waals surface area contributed by atoms with Crippen molar-refractivity contribution in [2.45, 2.75) is 12.7 Å². The molecule has 0 bridgehead atoms. The second-order valence-corrected chi connectivity index (χ2v) is 4.81. The number of nitrogens with zero attached hydrogens (tertiary/aromatic N) is 1. The van der Waals surface area contributed by atoms with Gasteiger partial charge in [-0.3, -0.25) is 4.79 Å². The van der Waals surface area contributed by atoms with E-state index in [0.29, 0.717) is 5.01 Å². The number of nitrogens with one attached hydrogen (secondary N) is 1. The summed E-state index contributed by atoms with van der Waals surface area (Å²) in [7, 11) is 0. The van der Waals surface area contributed by atoms with Crippen molar-refractivity contribution in [1.82, 2.24) is 4.98 Å². The van der Waals surface area contributed by atoms with Crippen molar-refractivity contribution in [3.8, 4) is 0 Å². The van der Waals surface area contributed by atoms with Gasteiger partial charge in [0.2, 0.25) is 0 Å². The molecule has 0 atom stereocenters. The van der Waals surface area contributed by atoms with E-state index >= 15 is 0 Å². The number of thiazole rings is 1. The van der Waals surface area contributed by atoms with E-state index in [9.17, 15) is 18.0 Å². The maximum absolute atomic E-state index is 12.5. The largest absolute Gasteiger partial charge is 0.416 e. The topological polar surface area (TPSA) is 68.0 Å². The maximum atomic E-state index is 12.5. The molecule has 106 valence electrons. The summed E-state index contributed by atoms with van der Waals surface area (Å²) in [5.41, 5.74) is 4.75. The van der Waals surface area contributed by atoms with E-state index in [2.05, 4.69) is 10.3 Å². The summed E-state index contributed by atoms with van der Waals surface area (Å²) < 4.78 is 37.6. The van der Waals surface area contributed by atoms with E-state index in [1.165, 1.54) is 28.8 Å². The first kappa shape index (κ1) is 14.5. The molecule has 4 nitrogen and oxygen atoms in total. The van der Waals surface area contributed by atoms with Crippen LogP contribution < -0.4 is 11.1 Å². The Morgan fingerprint density at radius 1 is 1.40 bits per heavy atom. The second kappa shape index (κ2) is 5.59. The molecule has 0 aliphatic heterocycles. The molecule has 1 heterocycles. The minimum atomic E-state index is -4.45. The predicted octanol–water partition coefficient (Wildman–Crippen LogP) is 2.87. The average Bonchev–Trinajstić information content (AvgIpc) is 2.87. The van der Waals surface area contributed by atoms with Crippen molar-refractivity contribution in [2.24, 2.45) is 5.73 Å². The standard InChI is InChI=1S/C12H10F3N3OS/c13-12(14,15)7-2-1-3-8(4-7)17-11(19)9-6-20-10(5-16)18-9/h1-4,6H,5,16H2,(H,17,19). The predicted molar refractivity (Wildman–Crippen MR) is 69.4 cm³/mol. The van der Waals surface area contributed by atoms with Gasteiger partial charge in [0.15, 0.2) is 0 Å². The first-order valence-electron chi connectivity index (χ1n) is 5.53. The number of hydrogen-bond donors (Lipinski definition) is 2. The van der Waals surface area contributed by atoms with Crippen LogP contribution in [0.1, 0.15) is 21.1 Å². The van der Waals surface area contributed by atoms with Crippen LogP contribution in [0.4, 0.5) is 18.9 Å². The van der Waals surface area contributed by atoms with Crippen molar-refractivity contribution in [1.29, 1.82) is 0 Å². The molecule has 0 aliphatic rings. The Hall–Kier alpha value is -1.93. The number of alkyl halides is 3. The van der Waals surface area contributed by atoms with Crippen LogP contribution in [0, 0.1) is 0 Å². The Bertz CT molecular complexity index is 624. The van der Waals surface area contributed by atoms with Crippen molar-refractivity contribution in [2.75, 3.05) is 5.32 Å². The van der Waals surface area contributed by atoms with Gasteiger partial charge in [-0.15, -0.1) is 11.3 Å². The number of amides is 1. The molecule has 1 amide bonds. The van der Waals surface area contributed by atoms with Crippen LogP contribution in [0.25, 0.3) is 0 Å². The summed E-state index contributed by atoms with van der Waals surface area (Å²) in [5, 5.41) is 4.46. The number of anilines is 1.